The van der Waals surface area contributed by atoms with Crippen LogP contribution in [0, 0.1) is 6.92 Å². The monoisotopic (exact) mass is 396 g/mol. The van der Waals surface area contributed by atoms with Crippen molar-refractivity contribution in [1.82, 2.24) is 9.97 Å². The molecular weight excluding hydrogens is 376 g/mol. The first-order chi connectivity index (χ1) is 13.5. The first-order valence-corrected chi connectivity index (χ1v) is 9.21. The molecule has 0 aliphatic rings. The molecule has 7 heteroatoms. The van der Waals surface area contributed by atoms with Crippen LogP contribution in [0.5, 0.6) is 5.75 Å². The van der Waals surface area contributed by atoms with E-state index in [1.54, 1.807) is 12.1 Å². The average Bonchev–Trinajstić information content (AvgIpc) is 2.71. The van der Waals surface area contributed by atoms with Crippen LogP contribution in [-0.2, 0) is 6.42 Å². The molecule has 144 valence electrons. The lowest BCUT2D eigenvalue weighted by atomic mass is 10.1. The average molecular weight is 397 g/mol. The van der Waals surface area contributed by atoms with Crippen molar-refractivity contribution >= 4 is 34.8 Å². The fourth-order valence-corrected chi connectivity index (χ4v) is 2.74. The van der Waals surface area contributed by atoms with Crippen molar-refractivity contribution in [1.29, 1.82) is 0 Å². The predicted molar refractivity (Wildman–Crippen MR) is 112 cm³/mol. The third-order valence-corrected chi connectivity index (χ3v) is 4.67. The summed E-state index contributed by atoms with van der Waals surface area (Å²) in [7, 11) is 1.52. The summed E-state index contributed by atoms with van der Waals surface area (Å²) in [6.45, 7) is 3.96. The molecule has 2 aromatic carbocycles. The van der Waals surface area contributed by atoms with E-state index in [1.165, 1.54) is 25.1 Å². The molecule has 1 aromatic heterocycles. The first-order valence-electron chi connectivity index (χ1n) is 8.83. The molecule has 0 unspecified atom stereocenters. The van der Waals surface area contributed by atoms with Gasteiger partial charge in [-0.25, -0.2) is 9.97 Å². The second kappa shape index (κ2) is 8.71. The molecule has 3 aromatic rings. The largest absolute Gasteiger partial charge is 0.495 e. The minimum atomic E-state index is -0.334. The fraction of sp³-hybridized carbons (Fsp3) is 0.190. The molecule has 3 rings (SSSR count). The van der Waals surface area contributed by atoms with Gasteiger partial charge < -0.3 is 15.4 Å². The molecule has 0 saturated carbocycles. The molecule has 6 nitrogen and oxygen atoms in total. The molecule has 0 saturated heterocycles. The van der Waals surface area contributed by atoms with E-state index < -0.39 is 0 Å². The van der Waals surface area contributed by atoms with Gasteiger partial charge in [0.05, 0.1) is 18.4 Å². The summed E-state index contributed by atoms with van der Waals surface area (Å²) in [4.78, 5) is 21.0. The quantitative estimate of drug-likeness (QED) is 0.612. The van der Waals surface area contributed by atoms with E-state index in [-0.39, 0.29) is 5.91 Å². The van der Waals surface area contributed by atoms with Gasteiger partial charge in [-0.15, -0.1) is 0 Å². The van der Waals surface area contributed by atoms with Crippen LogP contribution in [-0.4, -0.2) is 23.0 Å². The van der Waals surface area contributed by atoms with Crippen molar-refractivity contribution in [2.24, 2.45) is 0 Å². The van der Waals surface area contributed by atoms with Crippen LogP contribution < -0.4 is 15.4 Å². The van der Waals surface area contributed by atoms with Crippen molar-refractivity contribution in [3.05, 3.63) is 70.5 Å². The van der Waals surface area contributed by atoms with Gasteiger partial charge in [0.25, 0.3) is 5.91 Å². The van der Waals surface area contributed by atoms with Gasteiger partial charge in [-0.2, -0.15) is 0 Å². The highest BCUT2D eigenvalue weighted by atomic mass is 35.5. The van der Waals surface area contributed by atoms with Crippen molar-refractivity contribution < 1.29 is 9.53 Å². The Bertz CT molecular complexity index is 973. The van der Waals surface area contributed by atoms with Crippen LogP contribution >= 0.6 is 11.6 Å². The third-order valence-electron chi connectivity index (χ3n) is 4.26. The van der Waals surface area contributed by atoms with E-state index in [2.05, 4.69) is 27.5 Å². The Kier molecular flexibility index (Phi) is 6.11. The number of rotatable bonds is 6. The predicted octanol–water partition coefficient (Wildman–Crippen LogP) is 5.01. The van der Waals surface area contributed by atoms with Gasteiger partial charge in [0.2, 0.25) is 5.95 Å². The summed E-state index contributed by atoms with van der Waals surface area (Å²) in [5.74, 6) is 0.568. The van der Waals surface area contributed by atoms with Crippen LogP contribution in [0.3, 0.4) is 0 Å². The van der Waals surface area contributed by atoms with Gasteiger partial charge in [0, 0.05) is 29.2 Å². The Morgan fingerprint density at radius 2 is 1.82 bits per heavy atom. The number of anilines is 3. The van der Waals surface area contributed by atoms with Gasteiger partial charge in [-0.05, 0) is 42.7 Å². The second-order valence-electron chi connectivity index (χ2n) is 6.23. The number of hydrogen-bond acceptors (Lipinski definition) is 5. The van der Waals surface area contributed by atoms with E-state index in [1.807, 2.05) is 31.2 Å². The van der Waals surface area contributed by atoms with Crippen LogP contribution in [0.2, 0.25) is 5.02 Å². The van der Waals surface area contributed by atoms with Gasteiger partial charge >= 0.3 is 0 Å². The third kappa shape index (κ3) is 4.58. The maximum Gasteiger partial charge on any atom is 0.258 e. The molecule has 0 fully saturated rings. The first kappa shape index (κ1) is 19.6. The number of carbonyl (C=O) groups is 1. The Morgan fingerprint density at radius 3 is 2.43 bits per heavy atom. The molecule has 0 spiro atoms. The molecule has 2 N–H and O–H groups in total. The molecule has 0 aliphatic heterocycles. The summed E-state index contributed by atoms with van der Waals surface area (Å²) in [5.41, 5.74) is 3.85. The van der Waals surface area contributed by atoms with Gasteiger partial charge in [-0.1, -0.05) is 30.7 Å². The van der Waals surface area contributed by atoms with Crippen molar-refractivity contribution in [3.8, 4) is 5.75 Å². The Balaban J connectivity index is 1.70. The zero-order valence-electron chi connectivity index (χ0n) is 15.9. The highest BCUT2D eigenvalue weighted by Gasteiger charge is 2.13. The van der Waals surface area contributed by atoms with E-state index in [4.69, 9.17) is 16.3 Å². The SMILES string of the molecule is CCc1ccc(Nc2ncc(C(=O)Nc3cc(C)c(Cl)cc3OC)cn2)cc1. The molecule has 0 bridgehead atoms. The van der Waals surface area contributed by atoms with E-state index in [0.29, 0.717) is 28.0 Å². The van der Waals surface area contributed by atoms with Crippen LogP contribution in [0.4, 0.5) is 17.3 Å². The Labute approximate surface area is 168 Å². The maximum atomic E-state index is 12.5. The molecule has 28 heavy (non-hydrogen) atoms. The van der Waals surface area contributed by atoms with E-state index in [9.17, 15) is 4.79 Å². The maximum absolute atomic E-state index is 12.5. The minimum Gasteiger partial charge on any atom is -0.495 e. The van der Waals surface area contributed by atoms with Crippen molar-refractivity contribution in [2.75, 3.05) is 17.7 Å². The normalized spacial score (nSPS) is 10.4. The van der Waals surface area contributed by atoms with Crippen LogP contribution in [0.25, 0.3) is 0 Å². The Hall–Kier alpha value is -3.12. The number of amides is 1. The number of hydrogen-bond donors (Lipinski definition) is 2. The van der Waals surface area contributed by atoms with Crippen LogP contribution in [0.15, 0.2) is 48.8 Å². The van der Waals surface area contributed by atoms with Gasteiger partial charge in [0.15, 0.2) is 0 Å². The molecule has 0 radical (unpaired) electrons. The number of halogens is 1. The number of benzene rings is 2. The molecule has 0 atom stereocenters. The number of ether oxygens (including phenoxy) is 1. The molecular formula is C21H21ClN4O2. The second-order valence-corrected chi connectivity index (χ2v) is 6.63. The van der Waals surface area contributed by atoms with Crippen molar-refractivity contribution in [3.63, 3.8) is 0 Å². The zero-order valence-corrected chi connectivity index (χ0v) is 16.7. The number of methoxy groups -OCH3 is 1. The molecule has 0 aliphatic carbocycles. The summed E-state index contributed by atoms with van der Waals surface area (Å²) >= 11 is 6.10. The van der Waals surface area contributed by atoms with E-state index in [0.717, 1.165) is 17.7 Å². The number of nitrogens with zero attached hydrogens (tertiary/aromatic N) is 2. The number of aromatic nitrogens is 2. The standard InChI is InChI=1S/C21H21ClN4O2/c1-4-14-5-7-16(8-6-14)25-21-23-11-15(12-24-21)20(27)26-18-9-13(2)17(22)10-19(18)28-3/h5-12H,4H2,1-3H3,(H,26,27)(H,23,24,25). The van der Waals surface area contributed by atoms with Crippen molar-refractivity contribution in [2.45, 2.75) is 20.3 Å². The molecule has 1 heterocycles. The van der Waals surface area contributed by atoms with E-state index >= 15 is 0 Å². The summed E-state index contributed by atoms with van der Waals surface area (Å²) in [5, 5.41) is 6.49. The molecule has 1 amide bonds. The Morgan fingerprint density at radius 1 is 1.14 bits per heavy atom. The smallest absolute Gasteiger partial charge is 0.258 e. The fourth-order valence-electron chi connectivity index (χ4n) is 2.59. The number of nitrogens with one attached hydrogen (secondary N) is 2. The zero-order chi connectivity index (χ0) is 20.1. The topological polar surface area (TPSA) is 76.1 Å². The lowest BCUT2D eigenvalue weighted by Crippen LogP contribution is -2.14. The summed E-state index contributed by atoms with van der Waals surface area (Å²) in [6, 6.07) is 11.5. The number of carbonyl (C=O) groups excluding carboxylic acids is 1. The van der Waals surface area contributed by atoms with Crippen LogP contribution in [0.1, 0.15) is 28.4 Å². The lowest BCUT2D eigenvalue weighted by Gasteiger charge is -2.12. The number of aryl methyl sites for hydroxylation is 2. The van der Waals surface area contributed by atoms with Gasteiger partial charge in [-0.3, -0.25) is 4.79 Å². The highest BCUT2D eigenvalue weighted by Crippen LogP contribution is 2.31. The van der Waals surface area contributed by atoms with Gasteiger partial charge in [0.1, 0.15) is 5.75 Å². The minimum absolute atomic E-state index is 0.334. The summed E-state index contributed by atoms with van der Waals surface area (Å²) in [6.07, 6.45) is 3.93. The summed E-state index contributed by atoms with van der Waals surface area (Å²) < 4.78 is 5.28. The highest BCUT2D eigenvalue weighted by molar-refractivity contribution is 6.31. The lowest BCUT2D eigenvalue weighted by molar-refractivity contribution is 0.102.